The highest BCUT2D eigenvalue weighted by molar-refractivity contribution is 6.02. The summed E-state index contributed by atoms with van der Waals surface area (Å²) in [6.45, 7) is 6.56. The normalized spacial score (nSPS) is 49.6. The first-order valence-electron chi connectivity index (χ1n) is 6.41. The van der Waals surface area contributed by atoms with Crippen LogP contribution in [-0.4, -0.2) is 11.6 Å². The van der Waals surface area contributed by atoms with Crippen LogP contribution in [0.15, 0.2) is 0 Å². The molecule has 0 aromatic rings. The van der Waals surface area contributed by atoms with Crippen LogP contribution in [-0.2, 0) is 9.59 Å². The van der Waals surface area contributed by atoms with Crippen LogP contribution < -0.4 is 0 Å². The average Bonchev–Trinajstić information content (AvgIpc) is 2.45. The lowest BCUT2D eigenvalue weighted by molar-refractivity contribution is -0.183. The molecule has 0 heterocycles. The first-order valence-corrected chi connectivity index (χ1v) is 6.41. The molecule has 2 nitrogen and oxygen atoms in total. The van der Waals surface area contributed by atoms with Crippen molar-refractivity contribution in [3.63, 3.8) is 0 Å². The fourth-order valence-electron chi connectivity index (χ4n) is 5.09. The minimum absolute atomic E-state index is 0.258. The molecule has 3 aliphatic carbocycles. The largest absolute Gasteiger partial charge is 0.299 e. The van der Waals surface area contributed by atoms with Gasteiger partial charge in [0.15, 0.2) is 0 Å². The van der Waals surface area contributed by atoms with Crippen LogP contribution in [0.1, 0.15) is 52.9 Å². The Balaban J connectivity index is 2.11. The quantitative estimate of drug-likeness (QED) is 0.629. The van der Waals surface area contributed by atoms with Gasteiger partial charge in [0.1, 0.15) is 11.6 Å². The molecule has 3 atom stereocenters. The Morgan fingerprint density at radius 3 is 2.31 bits per heavy atom. The Hall–Kier alpha value is -0.660. The molecule has 3 saturated carbocycles. The van der Waals surface area contributed by atoms with Crippen LogP contribution >= 0.6 is 0 Å². The van der Waals surface area contributed by atoms with Crippen molar-refractivity contribution in [2.45, 2.75) is 52.9 Å². The number of rotatable bonds is 0. The predicted octanol–water partition coefficient (Wildman–Crippen LogP) is 2.75. The molecule has 0 bridgehead atoms. The molecule has 2 heteroatoms. The van der Waals surface area contributed by atoms with Crippen LogP contribution in [0, 0.1) is 22.2 Å². The maximum absolute atomic E-state index is 12.3. The van der Waals surface area contributed by atoms with Gasteiger partial charge in [-0.3, -0.25) is 9.59 Å². The molecule has 3 aliphatic rings. The standard InChI is InChI=1S/C14H20O2/c1-12(2)8-14-9(12)6-7-13(14,3)10(15)4-5-11(14)16/h9H,4-8H2,1-3H3/t9-,13+,14-/m0/s1. The second-order valence-electron chi connectivity index (χ2n) is 6.91. The highest BCUT2D eigenvalue weighted by Gasteiger charge is 2.75. The van der Waals surface area contributed by atoms with Crippen molar-refractivity contribution in [2.75, 3.05) is 0 Å². The lowest BCUT2D eigenvalue weighted by Gasteiger charge is -2.62. The van der Waals surface area contributed by atoms with E-state index in [4.69, 9.17) is 0 Å². The number of carbonyl (C=O) groups excluding carboxylic acids is 2. The molecule has 3 fully saturated rings. The van der Waals surface area contributed by atoms with Gasteiger partial charge in [0.05, 0.1) is 0 Å². The van der Waals surface area contributed by atoms with Crippen molar-refractivity contribution >= 4 is 11.6 Å². The fraction of sp³-hybridized carbons (Fsp3) is 0.857. The van der Waals surface area contributed by atoms with Crippen LogP contribution in [0.25, 0.3) is 0 Å². The van der Waals surface area contributed by atoms with Crippen molar-refractivity contribution in [3.05, 3.63) is 0 Å². The van der Waals surface area contributed by atoms with Crippen molar-refractivity contribution in [2.24, 2.45) is 22.2 Å². The number of carbonyl (C=O) groups is 2. The smallest absolute Gasteiger partial charge is 0.140 e. The molecule has 0 N–H and O–H groups in total. The van der Waals surface area contributed by atoms with Gasteiger partial charge < -0.3 is 0 Å². The van der Waals surface area contributed by atoms with Crippen molar-refractivity contribution in [1.82, 2.24) is 0 Å². The van der Waals surface area contributed by atoms with Crippen molar-refractivity contribution in [3.8, 4) is 0 Å². The van der Waals surface area contributed by atoms with E-state index in [1.807, 2.05) is 0 Å². The summed E-state index contributed by atoms with van der Waals surface area (Å²) in [6.07, 6.45) is 3.93. The van der Waals surface area contributed by atoms with Gasteiger partial charge in [-0.1, -0.05) is 20.8 Å². The van der Waals surface area contributed by atoms with Crippen LogP contribution in [0.2, 0.25) is 0 Å². The molecule has 0 amide bonds. The fourth-order valence-corrected chi connectivity index (χ4v) is 5.09. The lowest BCUT2D eigenvalue weighted by atomic mass is 9.39. The van der Waals surface area contributed by atoms with Crippen molar-refractivity contribution < 1.29 is 9.59 Å². The molecule has 0 aromatic carbocycles. The Morgan fingerprint density at radius 1 is 1.06 bits per heavy atom. The zero-order valence-electron chi connectivity index (χ0n) is 10.4. The average molecular weight is 220 g/mol. The van der Waals surface area contributed by atoms with Gasteiger partial charge in [-0.05, 0) is 30.6 Å². The third-order valence-corrected chi connectivity index (χ3v) is 5.88. The molecular formula is C14H20O2. The lowest BCUT2D eigenvalue weighted by Crippen LogP contribution is -2.64. The molecule has 0 saturated heterocycles. The van der Waals surface area contributed by atoms with E-state index in [1.165, 1.54) is 0 Å². The van der Waals surface area contributed by atoms with E-state index in [2.05, 4.69) is 20.8 Å². The van der Waals surface area contributed by atoms with Gasteiger partial charge >= 0.3 is 0 Å². The van der Waals surface area contributed by atoms with Gasteiger partial charge in [0, 0.05) is 23.7 Å². The molecule has 0 aliphatic heterocycles. The Bertz CT molecular complexity index is 396. The maximum atomic E-state index is 12.3. The Morgan fingerprint density at radius 2 is 1.69 bits per heavy atom. The van der Waals surface area contributed by atoms with E-state index in [0.29, 0.717) is 30.3 Å². The number of hydrogen-bond acceptors (Lipinski definition) is 2. The number of hydrogen-bond donors (Lipinski definition) is 0. The second-order valence-corrected chi connectivity index (χ2v) is 6.91. The Kier molecular flexibility index (Phi) is 1.70. The van der Waals surface area contributed by atoms with Crippen LogP contribution in [0.5, 0.6) is 0 Å². The Labute approximate surface area is 96.8 Å². The summed E-state index contributed by atoms with van der Waals surface area (Å²) in [7, 11) is 0. The van der Waals surface area contributed by atoms with Gasteiger partial charge in [-0.25, -0.2) is 0 Å². The predicted molar refractivity (Wildman–Crippen MR) is 60.9 cm³/mol. The van der Waals surface area contributed by atoms with Crippen LogP contribution in [0.4, 0.5) is 0 Å². The summed E-state index contributed by atoms with van der Waals surface area (Å²) in [5, 5.41) is 0. The minimum Gasteiger partial charge on any atom is -0.299 e. The third kappa shape index (κ3) is 0.834. The van der Waals surface area contributed by atoms with E-state index >= 15 is 0 Å². The molecule has 88 valence electrons. The van der Waals surface area contributed by atoms with Crippen LogP contribution in [0.3, 0.4) is 0 Å². The number of Topliss-reactive ketones (excluding diaryl/α,β-unsaturated/α-hetero) is 2. The zero-order valence-corrected chi connectivity index (χ0v) is 10.4. The monoisotopic (exact) mass is 220 g/mol. The summed E-state index contributed by atoms with van der Waals surface area (Å²) in [6, 6.07) is 0. The van der Waals surface area contributed by atoms with E-state index in [1.54, 1.807) is 0 Å². The highest BCUT2D eigenvalue weighted by Crippen LogP contribution is 2.75. The summed E-state index contributed by atoms with van der Waals surface area (Å²) < 4.78 is 0. The van der Waals surface area contributed by atoms with Gasteiger partial charge in [0.2, 0.25) is 0 Å². The molecule has 1 spiro atoms. The first kappa shape index (κ1) is 10.5. The van der Waals surface area contributed by atoms with Gasteiger partial charge in [-0.15, -0.1) is 0 Å². The minimum atomic E-state index is -0.317. The van der Waals surface area contributed by atoms with E-state index in [-0.39, 0.29) is 16.2 Å². The third-order valence-electron chi connectivity index (χ3n) is 5.88. The molecule has 0 aromatic heterocycles. The first-order chi connectivity index (χ1) is 7.34. The highest BCUT2D eigenvalue weighted by atomic mass is 16.1. The number of ketones is 2. The van der Waals surface area contributed by atoms with E-state index < -0.39 is 0 Å². The SMILES string of the molecule is CC1(C)C[C@]23C(=O)CCC(=O)[C@@]2(C)CC[C@@H]13. The summed E-state index contributed by atoms with van der Waals surface area (Å²) >= 11 is 0. The maximum Gasteiger partial charge on any atom is 0.140 e. The summed E-state index contributed by atoms with van der Waals surface area (Å²) in [4.78, 5) is 24.5. The van der Waals surface area contributed by atoms with E-state index in [9.17, 15) is 9.59 Å². The molecule has 16 heavy (non-hydrogen) atoms. The van der Waals surface area contributed by atoms with Crippen molar-refractivity contribution in [1.29, 1.82) is 0 Å². The molecule has 0 radical (unpaired) electrons. The van der Waals surface area contributed by atoms with Gasteiger partial charge in [0.25, 0.3) is 0 Å². The van der Waals surface area contributed by atoms with Gasteiger partial charge in [-0.2, -0.15) is 0 Å². The molecule has 0 unspecified atom stereocenters. The molecule has 3 rings (SSSR count). The molecular weight excluding hydrogens is 200 g/mol. The zero-order chi connectivity index (χ0) is 11.8. The summed E-state index contributed by atoms with van der Waals surface area (Å²) in [5.41, 5.74) is -0.306. The summed E-state index contributed by atoms with van der Waals surface area (Å²) in [5.74, 6) is 1.20. The van der Waals surface area contributed by atoms with E-state index in [0.717, 1.165) is 19.3 Å². The second kappa shape index (κ2) is 2.60. The topological polar surface area (TPSA) is 34.1 Å².